The van der Waals surface area contributed by atoms with Crippen LogP contribution in [0.3, 0.4) is 0 Å². The molecule has 0 fully saturated rings. The maximum Gasteiger partial charge on any atom is 0.732 e. The minimum absolute atomic E-state index is 1.53. The first-order chi connectivity index (χ1) is 3.66. The average molecular weight is 122 g/mol. The number of ether oxygens (including phenoxy) is 1. The van der Waals surface area contributed by atoms with Crippen LogP contribution in [0.5, 0.6) is 0 Å². The fraction of sp³-hybridized carbons (Fsp3) is 0. The van der Waals surface area contributed by atoms with Gasteiger partial charge in [-0.2, -0.15) is 4.79 Å². The summed E-state index contributed by atoms with van der Waals surface area (Å²) in [6.45, 7) is 0. The second-order valence-electron chi connectivity index (χ2n) is 0.717. The quantitative estimate of drug-likeness (QED) is 0.143. The summed E-state index contributed by atoms with van der Waals surface area (Å²) in [6, 6.07) is 0. The van der Waals surface area contributed by atoms with E-state index in [2.05, 4.69) is 9.31 Å². The number of carboxylic acid groups (broad SMARTS) is 2. The van der Waals surface area contributed by atoms with E-state index in [4.69, 9.17) is 15.5 Å². The van der Waals surface area contributed by atoms with Gasteiger partial charge in [-0.25, -0.2) is 4.74 Å². The van der Waals surface area contributed by atoms with Crippen molar-refractivity contribution in [3.05, 3.63) is 0 Å². The number of hydrogen-bond acceptors (Lipinski definition) is 3. The summed E-state index contributed by atoms with van der Waals surface area (Å²) in [4.78, 5) is 9.35. The molecule has 2 N–H and O–H groups in total. The van der Waals surface area contributed by atoms with E-state index < -0.39 is 12.3 Å². The van der Waals surface area contributed by atoms with Crippen LogP contribution in [0.15, 0.2) is 0 Å². The van der Waals surface area contributed by atoms with E-state index in [9.17, 15) is 4.79 Å². The molecule has 0 aromatic rings. The molecule has 0 aromatic heterocycles. The second kappa shape index (κ2) is 2.67. The second-order valence-corrected chi connectivity index (χ2v) is 0.717. The van der Waals surface area contributed by atoms with Crippen LogP contribution in [0.1, 0.15) is 0 Å². The van der Waals surface area contributed by atoms with Gasteiger partial charge in [0.1, 0.15) is 0 Å². The topological polar surface area (TPSA) is 101 Å². The summed E-state index contributed by atoms with van der Waals surface area (Å²) in [5.41, 5.74) is 0. The molecule has 0 unspecified atom stereocenters. The van der Waals surface area contributed by atoms with Gasteiger partial charge in [0.2, 0.25) is 0 Å². The zero-order chi connectivity index (χ0) is 6.57. The number of rotatable bonds is 0. The van der Waals surface area contributed by atoms with E-state index in [1.807, 2.05) is 0 Å². The third kappa shape index (κ3) is 2.76. The summed E-state index contributed by atoms with van der Waals surface area (Å²) in [5, 5.41) is 24.4. The predicted molar refractivity (Wildman–Crippen MR) is 17.1 cm³/mol. The molecule has 6 nitrogen and oxygen atoms in total. The standard InChI is InChI=1S/C2H2O6/c3-1(4)7-2(5)8-6/h5H,(H,3,4). The SMILES string of the molecule is O=C(O)OC(O)=[O+][O-]. The van der Waals surface area contributed by atoms with E-state index in [1.165, 1.54) is 0 Å². The Bertz CT molecular complexity index is 114. The fourth-order valence-electron chi connectivity index (χ4n) is 0.0917. The normalized spacial score (nSPS) is 10.8. The molecule has 0 aromatic carbocycles. The molecule has 0 aliphatic heterocycles. The molecule has 0 atom stereocenters. The van der Waals surface area contributed by atoms with Crippen molar-refractivity contribution in [3.8, 4) is 0 Å². The summed E-state index contributed by atoms with van der Waals surface area (Å²) in [7, 11) is 0. The molecule has 0 amide bonds. The van der Waals surface area contributed by atoms with Gasteiger partial charge in [0.25, 0.3) is 0 Å². The van der Waals surface area contributed by atoms with Crippen LogP contribution in [0, 0.1) is 0 Å². The van der Waals surface area contributed by atoms with Gasteiger partial charge in [-0.1, -0.05) is 0 Å². The molecule has 0 aliphatic rings. The monoisotopic (exact) mass is 122 g/mol. The Morgan fingerprint density at radius 1 is 1.62 bits per heavy atom. The molecule has 46 valence electrons. The lowest BCUT2D eigenvalue weighted by Gasteiger charge is -1.81. The van der Waals surface area contributed by atoms with Gasteiger partial charge >= 0.3 is 12.3 Å². The highest BCUT2D eigenvalue weighted by atomic mass is 17.1. The van der Waals surface area contributed by atoms with Gasteiger partial charge in [-0.05, 0) is 0 Å². The van der Waals surface area contributed by atoms with E-state index in [0.717, 1.165) is 0 Å². The number of hydrogen-bond donors (Lipinski definition) is 2. The van der Waals surface area contributed by atoms with Crippen molar-refractivity contribution in [1.82, 2.24) is 0 Å². The lowest BCUT2D eigenvalue weighted by atomic mass is 11.3. The molecule has 0 bridgehead atoms. The van der Waals surface area contributed by atoms with Crippen molar-refractivity contribution >= 4 is 12.3 Å². The molecular formula is C2H2O6. The molecule has 0 heterocycles. The van der Waals surface area contributed by atoms with E-state index in [0.29, 0.717) is 0 Å². The first-order valence-corrected chi connectivity index (χ1v) is 1.43. The first kappa shape index (κ1) is 6.54. The van der Waals surface area contributed by atoms with Gasteiger partial charge in [0.05, 0.1) is 0 Å². The Kier molecular flexibility index (Phi) is 2.18. The summed E-state index contributed by atoms with van der Waals surface area (Å²) in [5.74, 6) is 0. The Morgan fingerprint density at radius 3 is 2.25 bits per heavy atom. The zero-order valence-corrected chi connectivity index (χ0v) is 3.53. The van der Waals surface area contributed by atoms with Crippen molar-refractivity contribution in [2.24, 2.45) is 0 Å². The summed E-state index contributed by atoms with van der Waals surface area (Å²) in [6.07, 6.45) is -3.34. The highest BCUT2D eigenvalue weighted by Gasteiger charge is 2.15. The molecule has 0 aliphatic carbocycles. The number of aliphatic hydroxyl groups excluding tert-OH is 1. The molecular weight excluding hydrogens is 120 g/mol. The highest BCUT2D eigenvalue weighted by Crippen LogP contribution is 1.77. The Hall–Kier alpha value is -1.46. The smallest absolute Gasteiger partial charge is 0.628 e. The van der Waals surface area contributed by atoms with Gasteiger partial charge in [-0.15, -0.1) is 0 Å². The van der Waals surface area contributed by atoms with Gasteiger partial charge < -0.3 is 15.5 Å². The van der Waals surface area contributed by atoms with Gasteiger partial charge in [-0.3, -0.25) is 4.58 Å². The molecule has 0 saturated carbocycles. The Morgan fingerprint density at radius 2 is 2.12 bits per heavy atom. The highest BCUT2D eigenvalue weighted by molar-refractivity contribution is 5.74. The van der Waals surface area contributed by atoms with Crippen LogP contribution in [0.4, 0.5) is 9.37 Å². The Labute approximate surface area is 43.2 Å². The fourth-order valence-corrected chi connectivity index (χ4v) is 0.0917. The van der Waals surface area contributed by atoms with Crippen LogP contribution in [0.25, 0.3) is 0 Å². The van der Waals surface area contributed by atoms with Crippen LogP contribution in [-0.2, 0) is 4.74 Å². The minimum Gasteiger partial charge on any atom is -0.628 e. The molecule has 0 rings (SSSR count). The van der Waals surface area contributed by atoms with E-state index >= 15 is 0 Å². The lowest BCUT2D eigenvalue weighted by molar-refractivity contribution is -0.868. The molecule has 0 spiro atoms. The van der Waals surface area contributed by atoms with Gasteiger partial charge in [0, 0.05) is 0 Å². The van der Waals surface area contributed by atoms with Crippen LogP contribution >= 0.6 is 0 Å². The summed E-state index contributed by atoms with van der Waals surface area (Å²) >= 11 is 0. The Balaban J connectivity index is 3.56. The molecule has 8 heavy (non-hydrogen) atoms. The zero-order valence-electron chi connectivity index (χ0n) is 3.53. The number of carbonyl (C=O) groups is 1. The van der Waals surface area contributed by atoms with Crippen molar-refractivity contribution in [1.29, 1.82) is 0 Å². The van der Waals surface area contributed by atoms with Crippen LogP contribution in [0.2, 0.25) is 0 Å². The van der Waals surface area contributed by atoms with Crippen LogP contribution < -0.4 is 5.26 Å². The predicted octanol–water partition coefficient (Wildman–Crippen LogP) is -0.830. The van der Waals surface area contributed by atoms with Gasteiger partial charge in [0.15, 0.2) is 0 Å². The third-order valence-electron chi connectivity index (χ3n) is 0.246. The van der Waals surface area contributed by atoms with E-state index in [-0.39, 0.29) is 0 Å². The summed E-state index contributed by atoms with van der Waals surface area (Å²) < 4.78 is 5.93. The van der Waals surface area contributed by atoms with Crippen molar-refractivity contribution in [3.63, 3.8) is 0 Å². The van der Waals surface area contributed by atoms with Crippen LogP contribution in [-0.4, -0.2) is 22.5 Å². The maximum atomic E-state index is 9.35. The molecule has 0 saturated heterocycles. The van der Waals surface area contributed by atoms with Crippen molar-refractivity contribution in [2.75, 3.05) is 0 Å². The van der Waals surface area contributed by atoms with Crippen molar-refractivity contribution in [2.45, 2.75) is 0 Å². The van der Waals surface area contributed by atoms with E-state index in [1.54, 1.807) is 0 Å². The lowest BCUT2D eigenvalue weighted by Crippen LogP contribution is -2.09. The largest absolute Gasteiger partial charge is 0.732 e. The molecule has 6 heteroatoms. The maximum absolute atomic E-state index is 9.35. The first-order valence-electron chi connectivity index (χ1n) is 1.43. The third-order valence-corrected chi connectivity index (χ3v) is 0.246. The molecule has 0 radical (unpaired) electrons. The van der Waals surface area contributed by atoms with Crippen molar-refractivity contribution < 1.29 is 29.6 Å². The minimum atomic E-state index is -1.81. The average Bonchev–Trinajstić information content (AvgIpc) is 1.65.